The number of carboxylic acids is 1. The lowest BCUT2D eigenvalue weighted by atomic mass is 9.98. The summed E-state index contributed by atoms with van der Waals surface area (Å²) in [4.78, 5) is 51.1. The van der Waals surface area contributed by atoms with Crippen molar-refractivity contribution in [3.63, 3.8) is 0 Å². The number of esters is 3. The molecular formula is C65H106O12. The van der Waals surface area contributed by atoms with Crippen LogP contribution in [-0.4, -0.2) is 89.2 Å². The second-order valence-corrected chi connectivity index (χ2v) is 20.3. The second kappa shape index (κ2) is 52.3. The number of hydrogen-bond donors (Lipinski definition) is 3. The maximum absolute atomic E-state index is 13.1. The third-order valence-corrected chi connectivity index (χ3v) is 13.1. The summed E-state index contributed by atoms with van der Waals surface area (Å²) >= 11 is 0. The van der Waals surface area contributed by atoms with E-state index < -0.39 is 67.3 Å². The van der Waals surface area contributed by atoms with Crippen LogP contribution in [0.2, 0.25) is 0 Å². The van der Waals surface area contributed by atoms with Crippen molar-refractivity contribution in [3.8, 4) is 0 Å². The number of rotatable bonds is 50. The molecule has 1 saturated heterocycles. The minimum absolute atomic E-state index is 0.138. The van der Waals surface area contributed by atoms with Crippen molar-refractivity contribution in [2.75, 3.05) is 13.2 Å². The van der Waals surface area contributed by atoms with Crippen LogP contribution in [0.3, 0.4) is 0 Å². The summed E-state index contributed by atoms with van der Waals surface area (Å²) in [5.41, 5.74) is 0. The lowest BCUT2D eigenvalue weighted by Gasteiger charge is -2.40. The van der Waals surface area contributed by atoms with Crippen molar-refractivity contribution < 1.29 is 58.2 Å². The maximum atomic E-state index is 13.1. The molecule has 0 amide bonds. The molecule has 438 valence electrons. The van der Waals surface area contributed by atoms with E-state index in [1.165, 1.54) is 83.5 Å². The van der Waals surface area contributed by atoms with Gasteiger partial charge in [0, 0.05) is 12.8 Å². The Hall–Kier alpha value is -4.36. The third-order valence-electron chi connectivity index (χ3n) is 13.1. The summed E-state index contributed by atoms with van der Waals surface area (Å²) < 4.78 is 28.3. The van der Waals surface area contributed by atoms with Gasteiger partial charge in [0.15, 0.2) is 24.6 Å². The molecule has 3 N–H and O–H groups in total. The minimum Gasteiger partial charge on any atom is -0.479 e. The van der Waals surface area contributed by atoms with E-state index in [-0.39, 0.29) is 25.9 Å². The van der Waals surface area contributed by atoms with E-state index in [2.05, 4.69) is 93.7 Å². The first-order chi connectivity index (χ1) is 37.6. The van der Waals surface area contributed by atoms with Gasteiger partial charge in [-0.2, -0.15) is 0 Å². The zero-order chi connectivity index (χ0) is 56.1. The molecule has 0 bridgehead atoms. The number of aliphatic hydroxyl groups is 2. The first-order valence-corrected chi connectivity index (χ1v) is 30.2. The fraction of sp³-hybridized carbons (Fsp3) is 0.692. The highest BCUT2D eigenvalue weighted by atomic mass is 16.7. The molecule has 6 atom stereocenters. The second-order valence-electron chi connectivity index (χ2n) is 20.3. The van der Waals surface area contributed by atoms with Gasteiger partial charge >= 0.3 is 23.9 Å². The summed E-state index contributed by atoms with van der Waals surface area (Å²) in [7, 11) is 0. The largest absolute Gasteiger partial charge is 0.479 e. The highest BCUT2D eigenvalue weighted by Gasteiger charge is 2.50. The number of carboxylic acid groups (broad SMARTS) is 1. The third kappa shape index (κ3) is 42.3. The van der Waals surface area contributed by atoms with E-state index in [9.17, 15) is 34.5 Å². The number of aliphatic carboxylic acids is 1. The van der Waals surface area contributed by atoms with Crippen molar-refractivity contribution in [3.05, 3.63) is 97.2 Å². The summed E-state index contributed by atoms with van der Waals surface area (Å²) in [6.45, 7) is 5.78. The number of allylic oxidation sites excluding steroid dienone is 15. The quantitative estimate of drug-likeness (QED) is 0.0228. The molecule has 1 heterocycles. The van der Waals surface area contributed by atoms with E-state index in [0.29, 0.717) is 19.3 Å². The van der Waals surface area contributed by atoms with E-state index in [1.54, 1.807) is 12.2 Å². The maximum Gasteiger partial charge on any atom is 0.335 e. The van der Waals surface area contributed by atoms with Crippen LogP contribution in [0.1, 0.15) is 239 Å². The molecule has 0 radical (unpaired) electrons. The Bertz CT molecular complexity index is 1710. The molecule has 0 saturated carbocycles. The Morgan fingerprint density at radius 2 is 0.857 bits per heavy atom. The molecule has 12 nitrogen and oxygen atoms in total. The molecule has 12 heteroatoms. The van der Waals surface area contributed by atoms with Gasteiger partial charge in [-0.3, -0.25) is 14.4 Å². The topological polar surface area (TPSA) is 175 Å². The highest BCUT2D eigenvalue weighted by Crippen LogP contribution is 2.26. The van der Waals surface area contributed by atoms with Crippen molar-refractivity contribution in [2.24, 2.45) is 0 Å². The number of unbranched alkanes of at least 4 members (excludes halogenated alkanes) is 21. The standard InChI is InChI=1S/C65H106O12/c1-4-7-10-13-16-19-22-25-27-28-29-30-32-34-36-39-42-45-48-51-57(66)73-54-56(75-58(67)52-49-46-43-40-37-33-24-21-18-15-12-9-6-3)55-74-65-63(61(70)60(69)62(77-65)64(71)72)76-59(68)53-50-47-44-41-38-35-31-26-23-20-17-14-11-8-5-2/h8,11,16-17,19-21,24-27,31,38,41,47,50,56,60-63,65,69-70H,4-7,9-10,12-15,18,22-23,28-30,32-37,39-40,42-46,48-49,51-55H2,1-3H3,(H,71,72)/b11-8-,19-16-,20-17-,24-21-,27-25-,31-26-,41-38-,50-47-. The Balaban J connectivity index is 2.72. The molecule has 0 aromatic rings. The summed E-state index contributed by atoms with van der Waals surface area (Å²) in [6.07, 6.45) is 56.9. The molecule has 6 unspecified atom stereocenters. The van der Waals surface area contributed by atoms with Gasteiger partial charge in [-0.25, -0.2) is 4.79 Å². The first-order valence-electron chi connectivity index (χ1n) is 30.2. The van der Waals surface area contributed by atoms with Crippen molar-refractivity contribution >= 4 is 23.9 Å². The number of ether oxygens (including phenoxy) is 5. The van der Waals surface area contributed by atoms with Gasteiger partial charge in [0.2, 0.25) is 0 Å². The van der Waals surface area contributed by atoms with Crippen LogP contribution in [0.25, 0.3) is 0 Å². The van der Waals surface area contributed by atoms with Gasteiger partial charge in [-0.1, -0.05) is 214 Å². The van der Waals surface area contributed by atoms with Crippen LogP contribution >= 0.6 is 0 Å². The molecular weight excluding hydrogens is 973 g/mol. The number of hydrogen-bond acceptors (Lipinski definition) is 11. The van der Waals surface area contributed by atoms with Gasteiger partial charge in [0.25, 0.3) is 0 Å². The van der Waals surface area contributed by atoms with Gasteiger partial charge < -0.3 is 39.0 Å². The molecule has 77 heavy (non-hydrogen) atoms. The Kier molecular flexibility index (Phi) is 48.0. The molecule has 0 spiro atoms. The first kappa shape index (κ1) is 70.7. The summed E-state index contributed by atoms with van der Waals surface area (Å²) in [5.74, 6) is -3.30. The van der Waals surface area contributed by atoms with E-state index in [0.717, 1.165) is 96.3 Å². The van der Waals surface area contributed by atoms with Gasteiger partial charge in [0.1, 0.15) is 18.8 Å². The number of carbonyl (C=O) groups excluding carboxylic acids is 3. The van der Waals surface area contributed by atoms with Crippen LogP contribution in [0.4, 0.5) is 0 Å². The Morgan fingerprint density at radius 3 is 1.35 bits per heavy atom. The van der Waals surface area contributed by atoms with Crippen LogP contribution < -0.4 is 0 Å². The van der Waals surface area contributed by atoms with Gasteiger partial charge in [-0.15, -0.1) is 0 Å². The number of aliphatic hydroxyl groups excluding tert-OH is 2. The van der Waals surface area contributed by atoms with Crippen LogP contribution in [0.5, 0.6) is 0 Å². The zero-order valence-electron chi connectivity index (χ0n) is 48.2. The highest BCUT2D eigenvalue weighted by molar-refractivity contribution is 5.74. The zero-order valence-corrected chi connectivity index (χ0v) is 48.2. The molecule has 0 aromatic heterocycles. The van der Waals surface area contributed by atoms with Crippen molar-refractivity contribution in [1.29, 1.82) is 0 Å². The summed E-state index contributed by atoms with van der Waals surface area (Å²) in [5, 5.41) is 31.4. The van der Waals surface area contributed by atoms with Crippen molar-refractivity contribution in [2.45, 2.75) is 276 Å². The average Bonchev–Trinajstić information content (AvgIpc) is 3.42. The minimum atomic E-state index is -1.94. The molecule has 1 rings (SSSR count). The Morgan fingerprint density at radius 1 is 0.455 bits per heavy atom. The average molecular weight is 1080 g/mol. The molecule has 1 aliphatic heterocycles. The fourth-order valence-electron chi connectivity index (χ4n) is 8.53. The smallest absolute Gasteiger partial charge is 0.335 e. The van der Waals surface area contributed by atoms with Gasteiger partial charge in [-0.05, 0) is 103 Å². The lowest BCUT2D eigenvalue weighted by Crippen LogP contribution is -2.61. The number of carbonyl (C=O) groups is 4. The van der Waals surface area contributed by atoms with Gasteiger partial charge in [0.05, 0.1) is 13.0 Å². The van der Waals surface area contributed by atoms with E-state index >= 15 is 0 Å². The SMILES string of the molecule is CC/C=C\C/C=C\C/C=C\C/C=C\C/C=C\CC(=O)OC1C(OCC(COC(=O)CCCCCCCCCCC/C=C\C/C=C\CCCCC)OC(=O)CCCCCCC/C=C\CCCCCC)OC(C(=O)O)C(O)C1O. The predicted octanol–water partition coefficient (Wildman–Crippen LogP) is 15.7. The molecule has 1 fully saturated rings. The molecule has 0 aliphatic carbocycles. The monoisotopic (exact) mass is 1080 g/mol. The van der Waals surface area contributed by atoms with Crippen LogP contribution in [-0.2, 0) is 42.9 Å². The van der Waals surface area contributed by atoms with Crippen molar-refractivity contribution in [1.82, 2.24) is 0 Å². The molecule has 0 aromatic carbocycles. The summed E-state index contributed by atoms with van der Waals surface area (Å²) in [6, 6.07) is 0. The molecule has 1 aliphatic rings. The van der Waals surface area contributed by atoms with E-state index in [1.807, 2.05) is 12.2 Å². The normalized spacial score (nSPS) is 18.7. The predicted molar refractivity (Wildman–Crippen MR) is 312 cm³/mol. The fourth-order valence-corrected chi connectivity index (χ4v) is 8.53. The van der Waals surface area contributed by atoms with Crippen LogP contribution in [0.15, 0.2) is 97.2 Å². The lowest BCUT2D eigenvalue weighted by molar-refractivity contribution is -0.301. The van der Waals surface area contributed by atoms with E-state index in [4.69, 9.17) is 23.7 Å². The van der Waals surface area contributed by atoms with Crippen LogP contribution in [0, 0.1) is 0 Å². The Labute approximate surface area is 466 Å².